The van der Waals surface area contributed by atoms with Crippen molar-refractivity contribution in [3.8, 4) is 0 Å². The smallest absolute Gasteiger partial charge is 0.0318 e. The molecule has 0 aliphatic carbocycles. The van der Waals surface area contributed by atoms with E-state index in [0.717, 1.165) is 19.6 Å². The summed E-state index contributed by atoms with van der Waals surface area (Å²) in [6.07, 6.45) is 15.0. The highest BCUT2D eigenvalue weighted by molar-refractivity contribution is 7.84. The number of nitrogens with two attached hydrogens (primary N) is 1. The molecular weight excluding hydrogens is 1150 g/mol. The third-order valence-corrected chi connectivity index (χ3v) is 30.4. The van der Waals surface area contributed by atoms with Crippen molar-refractivity contribution in [1.82, 2.24) is 14.4 Å². The maximum Gasteiger partial charge on any atom is 0.0318 e. The fourth-order valence-electron chi connectivity index (χ4n) is 12.3. The third-order valence-electron chi connectivity index (χ3n) is 17.1. The fraction of sp³-hybridized carbons (Fsp3) is 0.385. The average Bonchev–Trinajstić information content (AvgIpc) is 2.23. The molecule has 0 amide bonds. The van der Waals surface area contributed by atoms with E-state index < -0.39 is 23.4 Å². The number of rotatable bonds is 22. The molecule has 3 fully saturated rings. The molecule has 3 aliphatic rings. The van der Waals surface area contributed by atoms with E-state index >= 15 is 0 Å². The molecular formula is C78H103ClN4P4. The molecule has 4 nitrogen and oxygen atoms in total. The minimum atomic E-state index is -0.609. The Morgan fingerprint density at radius 1 is 0.391 bits per heavy atom. The van der Waals surface area contributed by atoms with Gasteiger partial charge >= 0.3 is 0 Å². The quantitative estimate of drug-likeness (QED) is 0.0524. The van der Waals surface area contributed by atoms with Crippen LogP contribution in [0.15, 0.2) is 243 Å². The summed E-state index contributed by atoms with van der Waals surface area (Å²) in [5.74, 6) is 0. The van der Waals surface area contributed by atoms with Crippen LogP contribution in [0.3, 0.4) is 0 Å². The molecule has 0 saturated carbocycles. The van der Waals surface area contributed by atoms with E-state index in [9.17, 15) is 0 Å². The summed E-state index contributed by atoms with van der Waals surface area (Å²) in [6, 6.07) is 89.1. The molecule has 3 saturated heterocycles. The molecule has 0 radical (unpaired) electrons. The number of nitrogens with one attached hydrogen (secondary N) is 1. The molecule has 6 atom stereocenters. The lowest BCUT2D eigenvalue weighted by molar-refractivity contribution is 0.321. The van der Waals surface area contributed by atoms with E-state index in [1.165, 1.54) is 141 Å². The van der Waals surface area contributed by atoms with Crippen molar-refractivity contribution in [1.29, 1.82) is 0 Å². The molecule has 0 unspecified atom stereocenters. The predicted octanol–water partition coefficient (Wildman–Crippen LogP) is 22.9. The molecule has 8 aromatic rings. The second-order valence-electron chi connectivity index (χ2n) is 22.9. The summed E-state index contributed by atoms with van der Waals surface area (Å²) in [5.41, 5.74) is 17.8. The lowest BCUT2D eigenvalue weighted by Crippen LogP contribution is -2.27. The predicted molar refractivity (Wildman–Crippen MR) is 390 cm³/mol. The van der Waals surface area contributed by atoms with Crippen LogP contribution in [0, 0.1) is 0 Å². The Kier molecular flexibility index (Phi) is 32.5. The number of unbranched alkanes of at least 4 members (excludes halogenated alkanes) is 3. The Morgan fingerprint density at radius 2 is 0.678 bits per heavy atom. The van der Waals surface area contributed by atoms with Gasteiger partial charge in [0.1, 0.15) is 0 Å². The second kappa shape index (κ2) is 40.4. The first-order valence-corrected chi connectivity index (χ1v) is 39.6. The number of benzene rings is 8. The molecule has 0 aromatic heterocycles. The molecule has 3 N–H and O–H groups in total. The highest BCUT2D eigenvalue weighted by Gasteiger charge is 2.44. The topological polar surface area (TPSA) is 44.5 Å². The van der Waals surface area contributed by atoms with Crippen molar-refractivity contribution in [2.45, 2.75) is 153 Å². The number of nitrogens with zero attached hydrogens (tertiary/aromatic N) is 2. The molecule has 462 valence electrons. The highest BCUT2D eigenvalue weighted by Crippen LogP contribution is 2.76. The van der Waals surface area contributed by atoms with Gasteiger partial charge < -0.3 is 10.6 Å². The number of halogens is 1. The van der Waals surface area contributed by atoms with Gasteiger partial charge in [-0.15, -0.1) is 0 Å². The average molecular weight is 1260 g/mol. The zero-order chi connectivity index (χ0) is 61.3. The molecule has 9 heteroatoms. The summed E-state index contributed by atoms with van der Waals surface area (Å²) >= 11 is 6.78. The van der Waals surface area contributed by atoms with Crippen LogP contribution < -0.4 is 21.4 Å². The summed E-state index contributed by atoms with van der Waals surface area (Å²) in [6.45, 7) is 20.0. The summed E-state index contributed by atoms with van der Waals surface area (Å²) < 4.78 is 3.00. The monoisotopic (exact) mass is 1250 g/mol. The van der Waals surface area contributed by atoms with Crippen LogP contribution >= 0.6 is 42.7 Å². The molecule has 8 aromatic carbocycles. The van der Waals surface area contributed by atoms with E-state index in [0.29, 0.717) is 34.0 Å². The SMILES string of the molecule is CCCCN.CCCCN(P(c1ccccc1)c1ccccc1)P1[C@H](c2ccccc2)CC[C@H]1c1ccccc1.CCCCNP1[C@H](c2ccccc2)CC[C@H]1c1ccccc1.CCN(CC)CC.ClP1[C@H](c2ccccc2)CC[C@H]1c1ccccc1. The standard InChI is InChI=1S/C32H35NP2.C20H26NP.C16H16ClP.C6H15N.C4H11N/c1-2-3-26-33(34(29-20-12-6-13-21-29)30-22-14-7-15-23-30)35-31(27-16-8-4-9-17-27)24-25-32(35)28-18-10-5-11-19-28;1-2-3-16-21-22-19(17-10-6-4-7-11-17)14-15-20(22)18-12-8-5-9-13-18;17-18-15(13-7-3-1-4-8-13)11-12-16(18)14-9-5-2-6-10-14;1-4-7(5-2)6-3;1-2-3-4-5/h4-23,31-32H,2-3,24-26H2,1H3;4-13,19-21H,2-3,14-16H2,1H3;1-10,15-16H,11-12H2;4-6H2,1-3H3;2-5H2,1H3/t31-,32-;19-,20-;15-,16-;;/m000../s1. The van der Waals surface area contributed by atoms with Crippen molar-refractivity contribution in [3.05, 3.63) is 276 Å². The van der Waals surface area contributed by atoms with Crippen molar-refractivity contribution in [3.63, 3.8) is 0 Å². The Hall–Kier alpha value is -4.39. The molecule has 0 bridgehead atoms. The third kappa shape index (κ3) is 21.4. The van der Waals surface area contributed by atoms with Crippen molar-refractivity contribution in [2.75, 3.05) is 39.3 Å². The number of hydrogen-bond acceptors (Lipinski definition) is 4. The Balaban J connectivity index is 0.000000178. The molecule has 11 rings (SSSR count). The summed E-state index contributed by atoms with van der Waals surface area (Å²) in [4.78, 5) is 2.38. The van der Waals surface area contributed by atoms with Crippen LogP contribution in [0.2, 0.25) is 0 Å². The van der Waals surface area contributed by atoms with Crippen molar-refractivity contribution >= 4 is 53.3 Å². The lowest BCUT2D eigenvalue weighted by Gasteiger charge is -2.42. The van der Waals surface area contributed by atoms with E-state index in [4.69, 9.17) is 17.0 Å². The maximum atomic E-state index is 6.78. The van der Waals surface area contributed by atoms with Crippen LogP contribution in [0.25, 0.3) is 0 Å². The van der Waals surface area contributed by atoms with E-state index in [1.54, 1.807) is 0 Å². The van der Waals surface area contributed by atoms with Gasteiger partial charge in [-0.05, 0) is 151 Å². The first-order valence-electron chi connectivity index (χ1n) is 33.0. The summed E-state index contributed by atoms with van der Waals surface area (Å²) in [5, 5.41) is 6.88. The van der Waals surface area contributed by atoms with Gasteiger partial charge in [0.15, 0.2) is 0 Å². The molecule has 0 spiro atoms. The van der Waals surface area contributed by atoms with Gasteiger partial charge in [-0.1, -0.05) is 315 Å². The molecule has 3 heterocycles. The van der Waals surface area contributed by atoms with Gasteiger partial charge in [-0.3, -0.25) is 9.53 Å². The maximum absolute atomic E-state index is 6.78. The summed E-state index contributed by atoms with van der Waals surface area (Å²) in [7, 11) is -1.69. The van der Waals surface area contributed by atoms with Gasteiger partial charge in [0.25, 0.3) is 0 Å². The zero-order valence-corrected chi connectivity index (χ0v) is 57.8. The van der Waals surface area contributed by atoms with Gasteiger partial charge in [-0.2, -0.15) is 0 Å². The zero-order valence-electron chi connectivity index (χ0n) is 53.4. The van der Waals surface area contributed by atoms with E-state index in [-0.39, 0.29) is 8.07 Å². The van der Waals surface area contributed by atoms with Crippen LogP contribution in [-0.2, 0) is 0 Å². The highest BCUT2D eigenvalue weighted by atomic mass is 35.7. The molecule has 87 heavy (non-hydrogen) atoms. The Bertz CT molecular complexity index is 2780. The largest absolute Gasteiger partial charge is 0.330 e. The first kappa shape index (κ1) is 70.1. The molecule has 3 aliphatic heterocycles. The van der Waals surface area contributed by atoms with Crippen molar-refractivity contribution in [2.24, 2.45) is 5.73 Å². The lowest BCUT2D eigenvalue weighted by atomic mass is 10.0. The second-order valence-corrected chi connectivity index (χ2v) is 33.3. The normalized spacial score (nSPS) is 19.3. The van der Waals surface area contributed by atoms with Crippen LogP contribution in [0.4, 0.5) is 0 Å². The van der Waals surface area contributed by atoms with E-state index in [2.05, 4.69) is 299 Å². The Morgan fingerprint density at radius 3 is 0.966 bits per heavy atom. The van der Waals surface area contributed by atoms with Crippen LogP contribution in [0.5, 0.6) is 0 Å². The minimum absolute atomic E-state index is 0.186. The van der Waals surface area contributed by atoms with Crippen LogP contribution in [-0.4, -0.2) is 48.6 Å². The van der Waals surface area contributed by atoms with Gasteiger partial charge in [0.05, 0.1) is 0 Å². The van der Waals surface area contributed by atoms with E-state index in [1.807, 2.05) is 0 Å². The van der Waals surface area contributed by atoms with Gasteiger partial charge in [0, 0.05) is 55.8 Å². The first-order chi connectivity index (χ1) is 42.9. The minimum Gasteiger partial charge on any atom is -0.330 e. The fourth-order valence-corrected chi connectivity index (χ4v) is 26.4. The van der Waals surface area contributed by atoms with Gasteiger partial charge in [-0.25, -0.2) is 0 Å². The van der Waals surface area contributed by atoms with Crippen molar-refractivity contribution < 1.29 is 0 Å². The Labute approximate surface area is 537 Å². The van der Waals surface area contributed by atoms with Crippen LogP contribution in [0.1, 0.15) is 186 Å². The number of hydrogen-bond donors (Lipinski definition) is 2. The van der Waals surface area contributed by atoms with Gasteiger partial charge in [0.2, 0.25) is 0 Å².